The van der Waals surface area contributed by atoms with E-state index in [1.54, 1.807) is 6.07 Å². The summed E-state index contributed by atoms with van der Waals surface area (Å²) < 4.78 is 5.43. The highest BCUT2D eigenvalue weighted by Gasteiger charge is 2.08. The number of hydrogen-bond donors (Lipinski definition) is 1. The normalized spacial score (nSPS) is 10.7. The predicted molar refractivity (Wildman–Crippen MR) is 95.3 cm³/mol. The van der Waals surface area contributed by atoms with Crippen molar-refractivity contribution in [2.45, 2.75) is 13.8 Å². The number of non-ortho nitro benzene ring substituents is 1. The molecule has 0 radical (unpaired) electrons. The van der Waals surface area contributed by atoms with Crippen molar-refractivity contribution in [3.8, 4) is 5.75 Å². The third-order valence-corrected chi connectivity index (χ3v) is 3.62. The molecule has 1 N–H and O–H groups in total. The van der Waals surface area contributed by atoms with E-state index in [0.717, 1.165) is 11.1 Å². The molecule has 0 aliphatic rings. The molecule has 0 spiro atoms. The molecule has 0 atom stereocenters. The third kappa shape index (κ3) is 5.29. The van der Waals surface area contributed by atoms with Crippen LogP contribution < -0.4 is 10.2 Å². The zero-order chi connectivity index (χ0) is 18.4. The van der Waals surface area contributed by atoms with Gasteiger partial charge in [0.15, 0.2) is 6.61 Å². The molecule has 0 fully saturated rings. The molecule has 7 nitrogen and oxygen atoms in total. The molecule has 130 valence electrons. The summed E-state index contributed by atoms with van der Waals surface area (Å²) in [6, 6.07) is 9.59. The molecule has 2 aromatic carbocycles. The Bertz CT molecular complexity index is 837. The van der Waals surface area contributed by atoms with Crippen LogP contribution in [0.3, 0.4) is 0 Å². The summed E-state index contributed by atoms with van der Waals surface area (Å²) in [6.07, 6.45) is 1.24. The number of hydrogen-bond acceptors (Lipinski definition) is 5. The number of nitro benzene ring substituents is 1. The van der Waals surface area contributed by atoms with E-state index in [1.807, 2.05) is 26.0 Å². The minimum Gasteiger partial charge on any atom is -0.483 e. The summed E-state index contributed by atoms with van der Waals surface area (Å²) >= 11 is 5.94. The lowest BCUT2D eigenvalue weighted by molar-refractivity contribution is -0.384. The topological polar surface area (TPSA) is 93.8 Å². The second-order valence-corrected chi connectivity index (χ2v) is 5.72. The Morgan fingerprint density at radius 2 is 2.08 bits per heavy atom. The molecule has 0 aromatic heterocycles. The minimum absolute atomic E-state index is 0.115. The van der Waals surface area contributed by atoms with Gasteiger partial charge in [-0.1, -0.05) is 29.3 Å². The Morgan fingerprint density at radius 1 is 1.32 bits per heavy atom. The molecule has 1 amide bonds. The van der Waals surface area contributed by atoms with Crippen LogP contribution in [0.15, 0.2) is 41.5 Å². The van der Waals surface area contributed by atoms with Crippen molar-refractivity contribution in [1.82, 2.24) is 5.43 Å². The van der Waals surface area contributed by atoms with Gasteiger partial charge in [0.05, 0.1) is 11.1 Å². The van der Waals surface area contributed by atoms with Gasteiger partial charge in [-0.25, -0.2) is 5.43 Å². The summed E-state index contributed by atoms with van der Waals surface area (Å²) in [5.74, 6) is 0.157. The van der Waals surface area contributed by atoms with Crippen molar-refractivity contribution in [2.75, 3.05) is 6.61 Å². The smallest absolute Gasteiger partial charge is 0.277 e. The molecule has 0 unspecified atom stereocenters. The Hall–Kier alpha value is -2.93. The molecule has 2 aromatic rings. The molecule has 25 heavy (non-hydrogen) atoms. The van der Waals surface area contributed by atoms with E-state index in [2.05, 4.69) is 10.5 Å². The monoisotopic (exact) mass is 361 g/mol. The average molecular weight is 362 g/mol. The number of nitrogens with one attached hydrogen (secondary N) is 1. The molecule has 0 bridgehead atoms. The highest BCUT2D eigenvalue weighted by atomic mass is 35.5. The van der Waals surface area contributed by atoms with Gasteiger partial charge < -0.3 is 4.74 Å². The van der Waals surface area contributed by atoms with E-state index in [-0.39, 0.29) is 17.3 Å². The van der Waals surface area contributed by atoms with Gasteiger partial charge in [-0.15, -0.1) is 0 Å². The first kappa shape index (κ1) is 18.4. The summed E-state index contributed by atoms with van der Waals surface area (Å²) in [6.45, 7) is 3.66. The zero-order valence-electron chi connectivity index (χ0n) is 13.7. The van der Waals surface area contributed by atoms with Crippen LogP contribution in [0, 0.1) is 24.0 Å². The Balaban J connectivity index is 1.92. The van der Waals surface area contributed by atoms with Crippen LogP contribution >= 0.6 is 11.6 Å². The number of nitro groups is 1. The lowest BCUT2D eigenvalue weighted by Crippen LogP contribution is -2.24. The second kappa shape index (κ2) is 8.25. The van der Waals surface area contributed by atoms with Crippen LogP contribution in [-0.4, -0.2) is 23.7 Å². The SMILES string of the molecule is Cc1ccc(OCC(=O)NN=Cc2cc([N+](=O)[O-])ccc2Cl)c(C)c1. The van der Waals surface area contributed by atoms with Crippen LogP contribution in [-0.2, 0) is 4.79 Å². The minimum atomic E-state index is -0.538. The maximum Gasteiger partial charge on any atom is 0.277 e. The van der Waals surface area contributed by atoms with Crippen LogP contribution in [0.5, 0.6) is 5.75 Å². The first-order valence-electron chi connectivity index (χ1n) is 7.32. The summed E-state index contributed by atoms with van der Waals surface area (Å²) in [5.41, 5.74) is 4.53. The zero-order valence-corrected chi connectivity index (χ0v) is 14.4. The Morgan fingerprint density at radius 3 is 2.76 bits per heavy atom. The quantitative estimate of drug-likeness (QED) is 0.484. The second-order valence-electron chi connectivity index (χ2n) is 5.31. The molecule has 0 saturated heterocycles. The lowest BCUT2D eigenvalue weighted by Gasteiger charge is -2.08. The van der Waals surface area contributed by atoms with Crippen molar-refractivity contribution in [3.05, 3.63) is 68.2 Å². The van der Waals surface area contributed by atoms with Crippen molar-refractivity contribution < 1.29 is 14.5 Å². The van der Waals surface area contributed by atoms with Crippen molar-refractivity contribution in [1.29, 1.82) is 0 Å². The fourth-order valence-corrected chi connectivity index (χ4v) is 2.22. The van der Waals surface area contributed by atoms with Crippen molar-refractivity contribution in [3.63, 3.8) is 0 Å². The van der Waals surface area contributed by atoms with Crippen molar-refractivity contribution >= 4 is 29.4 Å². The first-order chi connectivity index (χ1) is 11.9. The number of hydrazone groups is 1. The molecule has 0 saturated carbocycles. The average Bonchev–Trinajstić information content (AvgIpc) is 2.55. The van der Waals surface area contributed by atoms with Gasteiger partial charge in [-0.05, 0) is 31.5 Å². The first-order valence-corrected chi connectivity index (χ1v) is 7.70. The number of halogens is 1. The fourth-order valence-electron chi connectivity index (χ4n) is 2.05. The predicted octanol–water partition coefficient (Wildman–Crippen LogP) is 3.39. The summed E-state index contributed by atoms with van der Waals surface area (Å²) in [7, 11) is 0. The van der Waals surface area contributed by atoms with Gasteiger partial charge in [0, 0.05) is 22.7 Å². The molecule has 0 heterocycles. The highest BCUT2D eigenvalue weighted by Crippen LogP contribution is 2.20. The lowest BCUT2D eigenvalue weighted by atomic mass is 10.1. The van der Waals surface area contributed by atoms with E-state index in [1.165, 1.54) is 24.4 Å². The Kier molecular flexibility index (Phi) is 6.08. The number of rotatable bonds is 6. The van der Waals surface area contributed by atoms with Crippen LogP contribution in [0.4, 0.5) is 5.69 Å². The van der Waals surface area contributed by atoms with E-state index in [4.69, 9.17) is 16.3 Å². The van der Waals surface area contributed by atoms with E-state index < -0.39 is 10.8 Å². The highest BCUT2D eigenvalue weighted by molar-refractivity contribution is 6.33. The van der Waals surface area contributed by atoms with Crippen LogP contribution in [0.1, 0.15) is 16.7 Å². The van der Waals surface area contributed by atoms with Crippen LogP contribution in [0.2, 0.25) is 5.02 Å². The fraction of sp³-hybridized carbons (Fsp3) is 0.176. The molecular weight excluding hydrogens is 346 g/mol. The summed E-state index contributed by atoms with van der Waals surface area (Å²) in [5, 5.41) is 14.8. The van der Waals surface area contributed by atoms with Crippen molar-refractivity contribution in [2.24, 2.45) is 5.10 Å². The molecule has 0 aliphatic heterocycles. The summed E-state index contributed by atoms with van der Waals surface area (Å²) in [4.78, 5) is 22.0. The van der Waals surface area contributed by atoms with Crippen LogP contribution in [0.25, 0.3) is 0 Å². The standard InChI is InChI=1S/C17H16ClN3O4/c1-11-3-6-16(12(2)7-11)25-10-17(22)20-19-9-13-8-14(21(23)24)4-5-15(13)18/h3-9H,10H2,1-2H3,(H,20,22). The van der Waals surface area contributed by atoms with E-state index in [9.17, 15) is 14.9 Å². The van der Waals surface area contributed by atoms with E-state index in [0.29, 0.717) is 11.3 Å². The largest absolute Gasteiger partial charge is 0.483 e. The molecule has 8 heteroatoms. The van der Waals surface area contributed by atoms with E-state index >= 15 is 0 Å². The van der Waals surface area contributed by atoms with Gasteiger partial charge in [0.25, 0.3) is 11.6 Å². The number of carbonyl (C=O) groups excluding carboxylic acids is 1. The Labute approximate surface area is 149 Å². The van der Waals surface area contributed by atoms with Gasteiger partial charge in [-0.2, -0.15) is 5.10 Å². The third-order valence-electron chi connectivity index (χ3n) is 3.27. The number of aryl methyl sites for hydroxylation is 2. The van der Waals surface area contributed by atoms with Gasteiger partial charge in [0.2, 0.25) is 0 Å². The van der Waals surface area contributed by atoms with Gasteiger partial charge in [0.1, 0.15) is 5.75 Å². The molecule has 0 aliphatic carbocycles. The maximum atomic E-state index is 11.8. The number of nitrogens with zero attached hydrogens (tertiary/aromatic N) is 2. The van der Waals surface area contributed by atoms with Gasteiger partial charge in [-0.3, -0.25) is 14.9 Å². The number of ether oxygens (including phenoxy) is 1. The number of carbonyl (C=O) groups is 1. The number of benzene rings is 2. The number of amides is 1. The van der Waals surface area contributed by atoms with Gasteiger partial charge >= 0.3 is 0 Å². The maximum absolute atomic E-state index is 11.8. The molecule has 2 rings (SSSR count). The molecular formula is C17H16ClN3O4.